The van der Waals surface area contributed by atoms with E-state index in [-0.39, 0.29) is 17.9 Å². The Balaban J connectivity index is 2.59. The lowest BCUT2D eigenvalue weighted by atomic mass is 9.94. The van der Waals surface area contributed by atoms with Crippen LogP contribution in [0.25, 0.3) is 0 Å². The van der Waals surface area contributed by atoms with E-state index in [1.165, 1.54) is 5.56 Å². The molecule has 0 aromatic heterocycles. The van der Waals surface area contributed by atoms with Crippen LogP contribution in [-0.2, 0) is 4.79 Å². The Morgan fingerprint density at radius 2 is 1.82 bits per heavy atom. The summed E-state index contributed by atoms with van der Waals surface area (Å²) >= 11 is 0. The van der Waals surface area contributed by atoms with Crippen molar-refractivity contribution in [3.8, 4) is 0 Å². The first-order valence-electron chi connectivity index (χ1n) is 6.11. The third-order valence-corrected chi connectivity index (χ3v) is 3.25. The third-order valence-electron chi connectivity index (χ3n) is 3.25. The summed E-state index contributed by atoms with van der Waals surface area (Å²) in [7, 11) is 0. The Labute approximate surface area is 103 Å². The van der Waals surface area contributed by atoms with Gasteiger partial charge in [-0.05, 0) is 12.5 Å². The third kappa shape index (κ3) is 3.86. The Morgan fingerprint density at radius 1 is 1.24 bits per heavy atom. The number of benzene rings is 1. The van der Waals surface area contributed by atoms with Gasteiger partial charge in [0.05, 0.1) is 0 Å². The monoisotopic (exact) mass is 234 g/mol. The van der Waals surface area contributed by atoms with E-state index >= 15 is 0 Å². The van der Waals surface area contributed by atoms with E-state index in [4.69, 9.17) is 5.73 Å². The molecule has 0 bridgehead atoms. The summed E-state index contributed by atoms with van der Waals surface area (Å²) in [5, 5.41) is 3.01. The fourth-order valence-corrected chi connectivity index (χ4v) is 1.64. The first-order valence-corrected chi connectivity index (χ1v) is 6.11. The molecule has 3 unspecified atom stereocenters. The molecule has 94 valence electrons. The van der Waals surface area contributed by atoms with Gasteiger partial charge in [0.2, 0.25) is 5.91 Å². The topological polar surface area (TPSA) is 55.1 Å². The molecule has 1 amide bonds. The van der Waals surface area contributed by atoms with Crippen molar-refractivity contribution in [2.45, 2.75) is 32.7 Å². The summed E-state index contributed by atoms with van der Waals surface area (Å²) in [6, 6.07) is 10.3. The molecule has 0 aliphatic carbocycles. The summed E-state index contributed by atoms with van der Waals surface area (Å²) in [5.41, 5.74) is 6.71. The zero-order valence-electron chi connectivity index (χ0n) is 10.8. The van der Waals surface area contributed by atoms with Crippen LogP contribution in [0.15, 0.2) is 30.3 Å². The van der Waals surface area contributed by atoms with Gasteiger partial charge in [0.1, 0.15) is 0 Å². The van der Waals surface area contributed by atoms with Gasteiger partial charge >= 0.3 is 0 Å². The average molecular weight is 234 g/mol. The van der Waals surface area contributed by atoms with E-state index < -0.39 is 0 Å². The summed E-state index contributed by atoms with van der Waals surface area (Å²) in [4.78, 5) is 11.7. The highest BCUT2D eigenvalue weighted by molar-refractivity contribution is 5.78. The summed E-state index contributed by atoms with van der Waals surface area (Å²) in [6.45, 7) is 6.37. The fourth-order valence-electron chi connectivity index (χ4n) is 1.64. The van der Waals surface area contributed by atoms with E-state index in [1.54, 1.807) is 0 Å². The molecule has 0 heterocycles. The molecule has 3 heteroatoms. The largest absolute Gasteiger partial charge is 0.353 e. The van der Waals surface area contributed by atoms with E-state index in [1.807, 2.05) is 32.0 Å². The molecule has 0 spiro atoms. The molecule has 1 aromatic rings. The molecule has 1 aromatic carbocycles. The van der Waals surface area contributed by atoms with Crippen molar-refractivity contribution in [2.24, 2.45) is 11.7 Å². The summed E-state index contributed by atoms with van der Waals surface area (Å²) in [6.07, 6.45) is 0. The summed E-state index contributed by atoms with van der Waals surface area (Å²) < 4.78 is 0. The highest BCUT2D eigenvalue weighted by Crippen LogP contribution is 2.18. The molecule has 0 aliphatic rings. The van der Waals surface area contributed by atoms with Crippen LogP contribution < -0.4 is 11.1 Å². The summed E-state index contributed by atoms with van der Waals surface area (Å²) in [5.74, 6) is 0.202. The molecule has 3 atom stereocenters. The molecular weight excluding hydrogens is 212 g/mol. The molecule has 1 rings (SSSR count). The van der Waals surface area contributed by atoms with Gasteiger partial charge in [-0.3, -0.25) is 4.79 Å². The quantitative estimate of drug-likeness (QED) is 0.817. The van der Waals surface area contributed by atoms with Crippen LogP contribution in [0.1, 0.15) is 32.3 Å². The number of nitrogens with one attached hydrogen (secondary N) is 1. The standard InChI is InChI=1S/C14H22N2O/c1-10(9-15)14(17)16-12(3)11(2)13-7-5-4-6-8-13/h4-8,10-12H,9,15H2,1-3H3,(H,16,17). The van der Waals surface area contributed by atoms with Crippen molar-refractivity contribution in [3.05, 3.63) is 35.9 Å². The van der Waals surface area contributed by atoms with Crippen LogP contribution in [0.5, 0.6) is 0 Å². The van der Waals surface area contributed by atoms with Crippen molar-refractivity contribution in [2.75, 3.05) is 6.54 Å². The Hall–Kier alpha value is -1.35. The molecule has 0 fully saturated rings. The molecule has 0 saturated heterocycles. The predicted octanol–water partition coefficient (Wildman–Crippen LogP) is 1.89. The van der Waals surface area contributed by atoms with Gasteiger partial charge in [-0.2, -0.15) is 0 Å². The van der Waals surface area contributed by atoms with E-state index in [0.29, 0.717) is 12.5 Å². The zero-order chi connectivity index (χ0) is 12.8. The van der Waals surface area contributed by atoms with Crippen LogP contribution in [0.3, 0.4) is 0 Å². The van der Waals surface area contributed by atoms with Crippen molar-refractivity contribution < 1.29 is 4.79 Å². The predicted molar refractivity (Wildman–Crippen MR) is 70.7 cm³/mol. The molecule has 0 saturated carbocycles. The maximum atomic E-state index is 11.7. The zero-order valence-corrected chi connectivity index (χ0v) is 10.8. The number of nitrogens with two attached hydrogens (primary N) is 1. The first-order chi connectivity index (χ1) is 8.06. The van der Waals surface area contributed by atoms with Crippen LogP contribution in [-0.4, -0.2) is 18.5 Å². The number of carbonyl (C=O) groups is 1. The molecule has 0 radical (unpaired) electrons. The maximum Gasteiger partial charge on any atom is 0.224 e. The van der Waals surface area contributed by atoms with Gasteiger partial charge in [-0.25, -0.2) is 0 Å². The number of rotatable bonds is 5. The van der Waals surface area contributed by atoms with E-state index in [2.05, 4.69) is 24.4 Å². The normalized spacial score (nSPS) is 16.0. The number of hydrogen-bond acceptors (Lipinski definition) is 2. The lowest BCUT2D eigenvalue weighted by Gasteiger charge is -2.23. The minimum atomic E-state index is -0.125. The highest BCUT2D eigenvalue weighted by Gasteiger charge is 2.18. The van der Waals surface area contributed by atoms with Crippen molar-refractivity contribution in [1.82, 2.24) is 5.32 Å². The van der Waals surface area contributed by atoms with Gasteiger partial charge in [-0.1, -0.05) is 44.2 Å². The highest BCUT2D eigenvalue weighted by atomic mass is 16.1. The number of amides is 1. The van der Waals surface area contributed by atoms with Crippen LogP contribution in [0, 0.1) is 5.92 Å². The smallest absolute Gasteiger partial charge is 0.224 e. The Bertz CT molecular complexity index is 350. The minimum absolute atomic E-state index is 0.0304. The van der Waals surface area contributed by atoms with Gasteiger partial charge < -0.3 is 11.1 Å². The Morgan fingerprint density at radius 3 is 2.35 bits per heavy atom. The second-order valence-electron chi connectivity index (χ2n) is 4.63. The first kappa shape index (κ1) is 13.7. The van der Waals surface area contributed by atoms with Gasteiger partial charge in [0, 0.05) is 24.4 Å². The lowest BCUT2D eigenvalue weighted by Crippen LogP contribution is -2.41. The second kappa shape index (κ2) is 6.40. The van der Waals surface area contributed by atoms with Crippen molar-refractivity contribution >= 4 is 5.91 Å². The van der Waals surface area contributed by atoms with Crippen LogP contribution in [0.2, 0.25) is 0 Å². The van der Waals surface area contributed by atoms with Gasteiger partial charge in [-0.15, -0.1) is 0 Å². The fraction of sp³-hybridized carbons (Fsp3) is 0.500. The van der Waals surface area contributed by atoms with Crippen LogP contribution in [0.4, 0.5) is 0 Å². The average Bonchev–Trinajstić information content (AvgIpc) is 2.37. The molecule has 3 N–H and O–H groups in total. The lowest BCUT2D eigenvalue weighted by molar-refractivity contribution is -0.124. The molecule has 0 aliphatic heterocycles. The SMILES string of the molecule is CC(CN)C(=O)NC(C)C(C)c1ccccc1. The van der Waals surface area contributed by atoms with Gasteiger partial charge in [0.15, 0.2) is 0 Å². The second-order valence-corrected chi connectivity index (χ2v) is 4.63. The Kier molecular flexibility index (Phi) is 5.16. The van der Waals surface area contributed by atoms with Crippen molar-refractivity contribution in [1.29, 1.82) is 0 Å². The molecule has 3 nitrogen and oxygen atoms in total. The number of carbonyl (C=O) groups excluding carboxylic acids is 1. The minimum Gasteiger partial charge on any atom is -0.353 e. The van der Waals surface area contributed by atoms with Crippen LogP contribution >= 0.6 is 0 Å². The van der Waals surface area contributed by atoms with Gasteiger partial charge in [0.25, 0.3) is 0 Å². The molecular formula is C14H22N2O. The maximum absolute atomic E-state index is 11.7. The van der Waals surface area contributed by atoms with Crippen molar-refractivity contribution in [3.63, 3.8) is 0 Å². The molecule has 17 heavy (non-hydrogen) atoms. The number of hydrogen-bond donors (Lipinski definition) is 2. The van der Waals surface area contributed by atoms with E-state index in [0.717, 1.165) is 0 Å². The van der Waals surface area contributed by atoms with E-state index in [9.17, 15) is 4.79 Å².